The minimum atomic E-state index is -0.503. The average Bonchev–Trinajstić information content (AvgIpc) is 3.19. The number of benzene rings is 3. The first kappa shape index (κ1) is 21.2. The number of hydrogen-bond acceptors (Lipinski definition) is 6. The van der Waals surface area contributed by atoms with Gasteiger partial charge in [0.05, 0.1) is 13.7 Å². The molecule has 0 fully saturated rings. The van der Waals surface area contributed by atoms with Gasteiger partial charge in [-0.1, -0.05) is 36.4 Å². The molecule has 162 valence electrons. The van der Waals surface area contributed by atoms with Crippen molar-refractivity contribution < 1.29 is 23.7 Å². The Balaban J connectivity index is 1.51. The number of methoxy groups -OCH3 is 1. The van der Waals surface area contributed by atoms with Gasteiger partial charge in [0.25, 0.3) is 0 Å². The van der Waals surface area contributed by atoms with Crippen LogP contribution in [0.1, 0.15) is 23.6 Å². The molecular weight excluding hydrogens is 406 g/mol. The van der Waals surface area contributed by atoms with Crippen LogP contribution in [0.3, 0.4) is 0 Å². The third-order valence-electron chi connectivity index (χ3n) is 4.76. The van der Waals surface area contributed by atoms with Crippen molar-refractivity contribution in [2.75, 3.05) is 13.7 Å². The largest absolute Gasteiger partial charge is 0.494 e. The van der Waals surface area contributed by atoms with Gasteiger partial charge < -0.3 is 18.9 Å². The van der Waals surface area contributed by atoms with Gasteiger partial charge in [-0.05, 0) is 60.5 Å². The standard InChI is InChI=1S/C26H23NO5/c1-3-30-21-12-10-20(11-13-21)25-27-22(26(28)32-25)15-19-9-14-23(24(16-19)29-2)31-17-18-7-5-4-6-8-18/h4-16H,3,17H2,1-2H3/b22-15-. The van der Waals surface area contributed by atoms with Crippen LogP contribution >= 0.6 is 0 Å². The number of esters is 1. The first-order valence-electron chi connectivity index (χ1n) is 10.3. The van der Waals surface area contributed by atoms with Crippen molar-refractivity contribution in [1.82, 2.24) is 0 Å². The minimum Gasteiger partial charge on any atom is -0.494 e. The Morgan fingerprint density at radius 3 is 2.44 bits per heavy atom. The molecule has 32 heavy (non-hydrogen) atoms. The molecule has 6 heteroatoms. The fourth-order valence-corrected chi connectivity index (χ4v) is 3.18. The Kier molecular flexibility index (Phi) is 6.51. The van der Waals surface area contributed by atoms with Gasteiger partial charge in [0, 0.05) is 5.56 Å². The lowest BCUT2D eigenvalue weighted by atomic mass is 10.1. The fraction of sp³-hybridized carbons (Fsp3) is 0.154. The van der Waals surface area contributed by atoms with E-state index < -0.39 is 5.97 Å². The summed E-state index contributed by atoms with van der Waals surface area (Å²) in [4.78, 5) is 16.7. The Hall–Kier alpha value is -4.06. The van der Waals surface area contributed by atoms with E-state index in [1.54, 1.807) is 19.3 Å². The molecule has 1 heterocycles. The van der Waals surface area contributed by atoms with Crippen molar-refractivity contribution in [3.63, 3.8) is 0 Å². The highest BCUT2D eigenvalue weighted by molar-refractivity contribution is 6.12. The van der Waals surface area contributed by atoms with Gasteiger partial charge in [-0.2, -0.15) is 0 Å². The van der Waals surface area contributed by atoms with Crippen molar-refractivity contribution in [2.24, 2.45) is 4.99 Å². The summed E-state index contributed by atoms with van der Waals surface area (Å²) in [6.45, 7) is 2.94. The Labute approximate surface area is 186 Å². The van der Waals surface area contributed by atoms with Crippen LogP contribution in [-0.2, 0) is 16.1 Å². The minimum absolute atomic E-state index is 0.217. The first-order chi connectivity index (χ1) is 15.7. The summed E-state index contributed by atoms with van der Waals surface area (Å²) in [5, 5.41) is 0. The molecule has 0 saturated carbocycles. The number of cyclic esters (lactones) is 1. The molecule has 1 aliphatic rings. The Morgan fingerprint density at radius 1 is 0.938 bits per heavy atom. The summed E-state index contributed by atoms with van der Waals surface area (Å²) in [5.74, 6) is 1.69. The number of rotatable bonds is 8. The Bertz CT molecular complexity index is 1150. The molecule has 4 rings (SSSR count). The molecule has 0 bridgehead atoms. The highest BCUT2D eigenvalue weighted by atomic mass is 16.6. The van der Waals surface area contributed by atoms with E-state index in [1.807, 2.05) is 73.7 Å². The summed E-state index contributed by atoms with van der Waals surface area (Å²) in [7, 11) is 1.58. The molecule has 0 atom stereocenters. The van der Waals surface area contributed by atoms with Gasteiger partial charge in [-0.3, -0.25) is 0 Å². The van der Waals surface area contributed by atoms with Crippen molar-refractivity contribution >= 4 is 17.9 Å². The van der Waals surface area contributed by atoms with Gasteiger partial charge in [0.1, 0.15) is 12.4 Å². The highest BCUT2D eigenvalue weighted by Gasteiger charge is 2.24. The lowest BCUT2D eigenvalue weighted by Crippen LogP contribution is -2.05. The highest BCUT2D eigenvalue weighted by Crippen LogP contribution is 2.30. The summed E-state index contributed by atoms with van der Waals surface area (Å²) in [5.41, 5.74) is 2.73. The number of aliphatic imine (C=N–C) groups is 1. The average molecular weight is 429 g/mol. The van der Waals surface area contributed by atoms with Gasteiger partial charge in [-0.15, -0.1) is 0 Å². The van der Waals surface area contributed by atoms with E-state index in [4.69, 9.17) is 18.9 Å². The molecule has 0 spiro atoms. The molecule has 6 nitrogen and oxygen atoms in total. The monoisotopic (exact) mass is 429 g/mol. The van der Waals surface area contributed by atoms with Crippen LogP contribution in [0.2, 0.25) is 0 Å². The van der Waals surface area contributed by atoms with Crippen molar-refractivity contribution in [3.05, 3.63) is 95.2 Å². The topological polar surface area (TPSA) is 66.3 Å². The lowest BCUT2D eigenvalue weighted by Gasteiger charge is -2.11. The lowest BCUT2D eigenvalue weighted by molar-refractivity contribution is -0.129. The summed E-state index contributed by atoms with van der Waals surface area (Å²) < 4.78 is 22.1. The third-order valence-corrected chi connectivity index (χ3v) is 4.76. The van der Waals surface area contributed by atoms with E-state index in [0.717, 1.165) is 16.9 Å². The van der Waals surface area contributed by atoms with Crippen molar-refractivity contribution in [2.45, 2.75) is 13.5 Å². The van der Waals surface area contributed by atoms with Crippen molar-refractivity contribution in [3.8, 4) is 17.2 Å². The predicted octanol–water partition coefficient (Wildman–Crippen LogP) is 5.02. The summed E-state index contributed by atoms with van der Waals surface area (Å²) in [6.07, 6.45) is 1.66. The maximum Gasteiger partial charge on any atom is 0.363 e. The van der Waals surface area contributed by atoms with E-state index in [-0.39, 0.29) is 11.6 Å². The maximum atomic E-state index is 12.3. The smallest absolute Gasteiger partial charge is 0.363 e. The summed E-state index contributed by atoms with van der Waals surface area (Å²) in [6, 6.07) is 22.6. The zero-order valence-corrected chi connectivity index (χ0v) is 17.9. The van der Waals surface area contributed by atoms with Crippen LogP contribution in [0.5, 0.6) is 17.2 Å². The second-order valence-electron chi connectivity index (χ2n) is 6.98. The van der Waals surface area contributed by atoms with Crippen LogP contribution in [0.4, 0.5) is 0 Å². The SMILES string of the molecule is CCOc1ccc(C2=N/C(=C\c3ccc(OCc4ccccc4)c(OC)c3)C(=O)O2)cc1. The maximum absolute atomic E-state index is 12.3. The van der Waals surface area contributed by atoms with E-state index in [0.29, 0.717) is 30.3 Å². The van der Waals surface area contributed by atoms with Gasteiger partial charge in [-0.25, -0.2) is 9.79 Å². The molecule has 0 aliphatic carbocycles. The van der Waals surface area contributed by atoms with E-state index in [9.17, 15) is 4.79 Å². The molecule has 0 N–H and O–H groups in total. The molecule has 0 unspecified atom stereocenters. The van der Waals surface area contributed by atoms with Gasteiger partial charge >= 0.3 is 5.97 Å². The van der Waals surface area contributed by atoms with E-state index in [1.165, 1.54) is 0 Å². The van der Waals surface area contributed by atoms with Crippen LogP contribution in [-0.4, -0.2) is 25.6 Å². The molecule has 1 aliphatic heterocycles. The third kappa shape index (κ3) is 4.98. The molecule has 3 aromatic carbocycles. The number of ether oxygens (including phenoxy) is 4. The van der Waals surface area contributed by atoms with Gasteiger partial charge in [0.15, 0.2) is 17.2 Å². The molecule has 0 amide bonds. The van der Waals surface area contributed by atoms with E-state index in [2.05, 4.69) is 4.99 Å². The number of hydrogen-bond donors (Lipinski definition) is 0. The quantitative estimate of drug-likeness (QED) is 0.372. The number of carbonyl (C=O) groups excluding carboxylic acids is 1. The predicted molar refractivity (Wildman–Crippen MR) is 122 cm³/mol. The normalized spacial score (nSPS) is 14.1. The van der Waals surface area contributed by atoms with Gasteiger partial charge in [0.2, 0.25) is 5.90 Å². The second kappa shape index (κ2) is 9.83. The van der Waals surface area contributed by atoms with E-state index >= 15 is 0 Å². The zero-order valence-electron chi connectivity index (χ0n) is 17.9. The first-order valence-corrected chi connectivity index (χ1v) is 10.3. The molecule has 0 radical (unpaired) electrons. The van der Waals surface area contributed by atoms with Crippen LogP contribution in [0.15, 0.2) is 83.5 Å². The fourth-order valence-electron chi connectivity index (χ4n) is 3.18. The molecule has 0 saturated heterocycles. The Morgan fingerprint density at radius 2 is 1.72 bits per heavy atom. The molecular formula is C26H23NO5. The molecule has 3 aromatic rings. The van der Waals surface area contributed by atoms with Crippen LogP contribution in [0, 0.1) is 0 Å². The van der Waals surface area contributed by atoms with Crippen molar-refractivity contribution in [1.29, 1.82) is 0 Å². The number of carbonyl (C=O) groups is 1. The number of nitrogens with zero attached hydrogens (tertiary/aromatic N) is 1. The second-order valence-corrected chi connectivity index (χ2v) is 6.98. The van der Waals surface area contributed by atoms with Crippen LogP contribution < -0.4 is 14.2 Å². The van der Waals surface area contributed by atoms with Crippen LogP contribution in [0.25, 0.3) is 6.08 Å². The zero-order chi connectivity index (χ0) is 22.3. The molecule has 0 aromatic heterocycles. The summed E-state index contributed by atoms with van der Waals surface area (Å²) >= 11 is 0.